The highest BCUT2D eigenvalue weighted by atomic mass is 79.9. The van der Waals surface area contributed by atoms with Gasteiger partial charge in [0, 0.05) is 16.7 Å². The van der Waals surface area contributed by atoms with E-state index in [2.05, 4.69) is 15.9 Å². The molecular formula is C12H15BrN2O2. The number of carbonyl (C=O) groups excluding carboxylic acids is 1. The van der Waals surface area contributed by atoms with Crippen LogP contribution in [0.3, 0.4) is 0 Å². The van der Waals surface area contributed by atoms with Crippen LogP contribution in [0.4, 0.5) is 5.69 Å². The summed E-state index contributed by atoms with van der Waals surface area (Å²) in [5, 5.41) is 0. The fraction of sp³-hybridized carbons (Fsp3) is 0.417. The van der Waals surface area contributed by atoms with Crippen LogP contribution in [0.2, 0.25) is 0 Å². The summed E-state index contributed by atoms with van der Waals surface area (Å²) in [6.07, 6.45) is 0.184. The Bertz CT molecular complexity index is 392. The lowest BCUT2D eigenvalue weighted by atomic mass is 10.1. The average Bonchev–Trinajstić information content (AvgIpc) is 2.34. The minimum absolute atomic E-state index is 0.00372. The molecule has 1 aliphatic heterocycles. The number of nitrogens with two attached hydrogens (primary N) is 1. The molecule has 0 radical (unpaired) electrons. The Balaban J connectivity index is 2.14. The Morgan fingerprint density at radius 2 is 2.12 bits per heavy atom. The number of morpholine rings is 1. The molecule has 0 aromatic heterocycles. The zero-order valence-corrected chi connectivity index (χ0v) is 11.0. The van der Waals surface area contributed by atoms with E-state index in [0.717, 1.165) is 10.2 Å². The van der Waals surface area contributed by atoms with Crippen molar-refractivity contribution >= 4 is 27.5 Å². The van der Waals surface area contributed by atoms with E-state index in [0.29, 0.717) is 26.1 Å². The highest BCUT2D eigenvalue weighted by Gasteiger charge is 2.29. The molecule has 5 heteroatoms. The van der Waals surface area contributed by atoms with E-state index >= 15 is 0 Å². The Hall–Kier alpha value is -0.910. The minimum Gasteiger partial charge on any atom is -0.366 e. The van der Waals surface area contributed by atoms with E-state index in [9.17, 15) is 4.79 Å². The normalized spacial score (nSPS) is 20.7. The van der Waals surface area contributed by atoms with E-state index in [1.807, 2.05) is 24.3 Å². The lowest BCUT2D eigenvalue weighted by Crippen LogP contribution is -2.48. The van der Waals surface area contributed by atoms with Crippen LogP contribution in [0.5, 0.6) is 0 Å². The molecule has 1 fully saturated rings. The third kappa shape index (κ3) is 2.86. The van der Waals surface area contributed by atoms with Crippen LogP contribution in [-0.4, -0.2) is 31.7 Å². The van der Waals surface area contributed by atoms with Crippen LogP contribution in [0.25, 0.3) is 0 Å². The molecule has 92 valence electrons. The molecule has 2 rings (SSSR count). The zero-order valence-electron chi connectivity index (χ0n) is 9.43. The summed E-state index contributed by atoms with van der Waals surface area (Å²) >= 11 is 3.38. The Labute approximate surface area is 109 Å². The molecule has 17 heavy (non-hydrogen) atoms. The molecule has 1 aromatic rings. The molecule has 0 aliphatic carbocycles. The molecular weight excluding hydrogens is 284 g/mol. The number of carbonyl (C=O) groups is 1. The maximum absolute atomic E-state index is 12.1. The number of amides is 1. The zero-order chi connectivity index (χ0) is 12.3. The van der Waals surface area contributed by atoms with Gasteiger partial charge >= 0.3 is 0 Å². The van der Waals surface area contributed by atoms with Crippen LogP contribution >= 0.6 is 15.9 Å². The average molecular weight is 299 g/mol. The third-order valence-electron chi connectivity index (χ3n) is 2.74. The topological polar surface area (TPSA) is 55.6 Å². The molecule has 1 heterocycles. The summed E-state index contributed by atoms with van der Waals surface area (Å²) in [5.74, 6) is 0.00372. The fourth-order valence-electron chi connectivity index (χ4n) is 1.88. The van der Waals surface area contributed by atoms with Crippen molar-refractivity contribution in [2.24, 2.45) is 5.73 Å². The molecule has 1 unspecified atom stereocenters. The van der Waals surface area contributed by atoms with Gasteiger partial charge in [0.1, 0.15) is 6.10 Å². The first-order valence-corrected chi connectivity index (χ1v) is 6.40. The first kappa shape index (κ1) is 12.5. The number of benzene rings is 1. The molecule has 0 bridgehead atoms. The Morgan fingerprint density at radius 3 is 2.76 bits per heavy atom. The van der Waals surface area contributed by atoms with Gasteiger partial charge in [-0.25, -0.2) is 0 Å². The van der Waals surface area contributed by atoms with Crippen molar-refractivity contribution in [2.45, 2.75) is 12.5 Å². The Kier molecular flexibility index (Phi) is 4.15. The maximum Gasteiger partial charge on any atom is 0.256 e. The van der Waals surface area contributed by atoms with E-state index in [1.54, 1.807) is 4.90 Å². The van der Waals surface area contributed by atoms with E-state index in [-0.39, 0.29) is 5.91 Å². The summed E-state index contributed by atoms with van der Waals surface area (Å²) < 4.78 is 6.43. The van der Waals surface area contributed by atoms with E-state index in [1.165, 1.54) is 0 Å². The van der Waals surface area contributed by atoms with Gasteiger partial charge in [0.25, 0.3) is 5.91 Å². The SMILES string of the molecule is NCCC1OCCN(c2ccc(Br)cc2)C1=O. The molecule has 1 aromatic carbocycles. The molecule has 1 atom stereocenters. The predicted molar refractivity (Wildman–Crippen MR) is 69.9 cm³/mol. The fourth-order valence-corrected chi connectivity index (χ4v) is 2.14. The monoisotopic (exact) mass is 298 g/mol. The van der Waals surface area contributed by atoms with Gasteiger partial charge in [0.2, 0.25) is 0 Å². The van der Waals surface area contributed by atoms with Crippen molar-refractivity contribution in [3.05, 3.63) is 28.7 Å². The van der Waals surface area contributed by atoms with Crippen molar-refractivity contribution in [1.82, 2.24) is 0 Å². The van der Waals surface area contributed by atoms with Gasteiger partial charge in [-0.05, 0) is 37.2 Å². The molecule has 1 amide bonds. The van der Waals surface area contributed by atoms with Gasteiger partial charge in [-0.2, -0.15) is 0 Å². The van der Waals surface area contributed by atoms with Crippen LogP contribution < -0.4 is 10.6 Å². The summed E-state index contributed by atoms with van der Waals surface area (Å²) in [7, 11) is 0. The summed E-state index contributed by atoms with van der Waals surface area (Å²) in [6, 6.07) is 7.70. The van der Waals surface area contributed by atoms with Crippen LogP contribution in [0, 0.1) is 0 Å². The van der Waals surface area contributed by atoms with Gasteiger partial charge in [0.05, 0.1) is 6.61 Å². The summed E-state index contributed by atoms with van der Waals surface area (Å²) in [6.45, 7) is 1.62. The Morgan fingerprint density at radius 1 is 1.41 bits per heavy atom. The number of nitrogens with zero attached hydrogens (tertiary/aromatic N) is 1. The smallest absolute Gasteiger partial charge is 0.256 e. The molecule has 1 aliphatic rings. The van der Waals surface area contributed by atoms with E-state index in [4.69, 9.17) is 10.5 Å². The van der Waals surface area contributed by atoms with Gasteiger partial charge in [0.15, 0.2) is 0 Å². The van der Waals surface area contributed by atoms with Crippen LogP contribution in [0.1, 0.15) is 6.42 Å². The van der Waals surface area contributed by atoms with Crippen molar-refractivity contribution in [2.75, 3.05) is 24.6 Å². The first-order valence-electron chi connectivity index (χ1n) is 5.61. The lowest BCUT2D eigenvalue weighted by Gasteiger charge is -2.32. The number of halogens is 1. The first-order chi connectivity index (χ1) is 8.22. The quantitative estimate of drug-likeness (QED) is 0.921. The van der Waals surface area contributed by atoms with E-state index < -0.39 is 6.10 Å². The number of ether oxygens (including phenoxy) is 1. The van der Waals surface area contributed by atoms with Gasteiger partial charge in [-0.15, -0.1) is 0 Å². The lowest BCUT2D eigenvalue weighted by molar-refractivity contribution is -0.134. The molecule has 4 nitrogen and oxygen atoms in total. The molecule has 1 saturated heterocycles. The van der Waals surface area contributed by atoms with Crippen LogP contribution in [-0.2, 0) is 9.53 Å². The second-order valence-corrected chi connectivity index (χ2v) is 4.82. The van der Waals surface area contributed by atoms with Crippen molar-refractivity contribution in [1.29, 1.82) is 0 Å². The number of hydrogen-bond donors (Lipinski definition) is 1. The standard InChI is InChI=1S/C12H15BrN2O2/c13-9-1-3-10(4-2-9)15-7-8-17-11(5-6-14)12(15)16/h1-4,11H,5-8,14H2. The minimum atomic E-state index is -0.391. The highest BCUT2D eigenvalue weighted by Crippen LogP contribution is 2.22. The van der Waals surface area contributed by atoms with Crippen LogP contribution in [0.15, 0.2) is 28.7 Å². The second kappa shape index (κ2) is 5.62. The van der Waals surface area contributed by atoms with Crippen molar-refractivity contribution < 1.29 is 9.53 Å². The van der Waals surface area contributed by atoms with Gasteiger partial charge < -0.3 is 15.4 Å². The van der Waals surface area contributed by atoms with Crippen molar-refractivity contribution in [3.8, 4) is 0 Å². The van der Waals surface area contributed by atoms with Crippen molar-refractivity contribution in [3.63, 3.8) is 0 Å². The molecule has 0 saturated carbocycles. The molecule has 2 N–H and O–H groups in total. The largest absolute Gasteiger partial charge is 0.366 e. The molecule has 0 spiro atoms. The number of rotatable bonds is 3. The maximum atomic E-state index is 12.1. The number of anilines is 1. The third-order valence-corrected chi connectivity index (χ3v) is 3.27. The van der Waals surface area contributed by atoms with Gasteiger partial charge in [-0.1, -0.05) is 15.9 Å². The predicted octanol–water partition coefficient (Wildman–Crippen LogP) is 1.53. The number of hydrogen-bond acceptors (Lipinski definition) is 3. The second-order valence-electron chi connectivity index (χ2n) is 3.90. The highest BCUT2D eigenvalue weighted by molar-refractivity contribution is 9.10. The summed E-state index contributed by atoms with van der Waals surface area (Å²) in [5.41, 5.74) is 6.37. The summed E-state index contributed by atoms with van der Waals surface area (Å²) in [4.78, 5) is 13.9. The van der Waals surface area contributed by atoms with Gasteiger partial charge in [-0.3, -0.25) is 4.79 Å².